The summed E-state index contributed by atoms with van der Waals surface area (Å²) >= 11 is 0. The molecule has 1 aliphatic heterocycles. The van der Waals surface area contributed by atoms with E-state index >= 15 is 0 Å². The maximum atomic E-state index is 5.03. The second-order valence-electron chi connectivity index (χ2n) is 6.70. The Morgan fingerprint density at radius 2 is 1.77 bits per heavy atom. The standard InChI is InChI=1S/C23H25N3/c1-4-24-22-15-17-13-16-14-18(26(5-2)6-3)11-12-21(16)25-23(17)20-10-8-7-9-19(20)22/h7-12,14-15H,4-6,13H2,1-3H3. The summed E-state index contributed by atoms with van der Waals surface area (Å²) in [6.45, 7) is 9.33. The Labute approximate surface area is 155 Å². The van der Waals surface area contributed by atoms with E-state index in [0.29, 0.717) is 0 Å². The molecule has 26 heavy (non-hydrogen) atoms. The van der Waals surface area contributed by atoms with Crippen LogP contribution >= 0.6 is 0 Å². The highest BCUT2D eigenvalue weighted by molar-refractivity contribution is 6.29. The van der Waals surface area contributed by atoms with E-state index < -0.39 is 0 Å². The molecule has 0 saturated heterocycles. The van der Waals surface area contributed by atoms with Crippen LogP contribution in [0.5, 0.6) is 0 Å². The lowest BCUT2D eigenvalue weighted by molar-refractivity contribution is 0.865. The van der Waals surface area contributed by atoms with Crippen LogP contribution in [0, 0.1) is 0 Å². The number of hydrogen-bond donors (Lipinski definition) is 0. The van der Waals surface area contributed by atoms with Crippen molar-refractivity contribution in [3.63, 3.8) is 0 Å². The molecule has 0 bridgehead atoms. The number of allylic oxidation sites excluding steroid dienone is 2. The van der Waals surface area contributed by atoms with Crippen LogP contribution < -0.4 is 4.90 Å². The van der Waals surface area contributed by atoms with Gasteiger partial charge in [0, 0.05) is 42.9 Å². The van der Waals surface area contributed by atoms with Crippen molar-refractivity contribution >= 4 is 22.8 Å². The highest BCUT2D eigenvalue weighted by Gasteiger charge is 2.26. The van der Waals surface area contributed by atoms with Crippen molar-refractivity contribution in [2.45, 2.75) is 27.2 Å². The van der Waals surface area contributed by atoms with Crippen molar-refractivity contribution in [3.05, 3.63) is 70.8 Å². The lowest BCUT2D eigenvalue weighted by Gasteiger charge is -2.27. The van der Waals surface area contributed by atoms with Gasteiger partial charge in [-0.3, -0.25) is 4.99 Å². The Balaban J connectivity index is 1.83. The minimum absolute atomic E-state index is 0.794. The zero-order valence-corrected chi connectivity index (χ0v) is 15.8. The predicted octanol–water partition coefficient (Wildman–Crippen LogP) is 4.96. The molecule has 3 heteroatoms. The molecule has 0 N–H and O–H groups in total. The van der Waals surface area contributed by atoms with Gasteiger partial charge in [-0.15, -0.1) is 0 Å². The summed E-state index contributed by atoms with van der Waals surface area (Å²) in [4.78, 5) is 12.1. The largest absolute Gasteiger partial charge is 0.372 e. The molecule has 0 fully saturated rings. The normalized spacial score (nSPS) is 16.3. The van der Waals surface area contributed by atoms with E-state index in [1.165, 1.54) is 28.0 Å². The average Bonchev–Trinajstić information content (AvgIpc) is 2.68. The summed E-state index contributed by atoms with van der Waals surface area (Å²) in [7, 11) is 0. The van der Waals surface area contributed by atoms with Crippen LogP contribution in [-0.4, -0.2) is 31.1 Å². The monoisotopic (exact) mass is 343 g/mol. The third-order valence-corrected chi connectivity index (χ3v) is 5.21. The Bertz CT molecular complexity index is 930. The molecule has 0 amide bonds. The summed E-state index contributed by atoms with van der Waals surface area (Å²) in [5, 5.41) is 0. The van der Waals surface area contributed by atoms with Crippen molar-refractivity contribution in [1.29, 1.82) is 0 Å². The van der Waals surface area contributed by atoms with Crippen LogP contribution in [0.3, 0.4) is 0 Å². The maximum Gasteiger partial charge on any atom is 0.0752 e. The maximum absolute atomic E-state index is 5.03. The SMILES string of the molecule is CCN=C1C=C2Cc3cc(N(CC)CC)ccc3N=C2c2ccccc21. The Morgan fingerprint density at radius 3 is 2.50 bits per heavy atom. The van der Waals surface area contributed by atoms with Crippen molar-refractivity contribution in [2.75, 3.05) is 24.5 Å². The smallest absolute Gasteiger partial charge is 0.0752 e. The third kappa shape index (κ3) is 2.78. The molecule has 2 aromatic rings. The van der Waals surface area contributed by atoms with Crippen molar-refractivity contribution in [1.82, 2.24) is 0 Å². The highest BCUT2D eigenvalue weighted by Crippen LogP contribution is 2.36. The topological polar surface area (TPSA) is 28.0 Å². The molecule has 3 nitrogen and oxygen atoms in total. The second-order valence-corrected chi connectivity index (χ2v) is 6.70. The minimum Gasteiger partial charge on any atom is -0.372 e. The number of aliphatic imine (C=N–C) groups is 2. The van der Waals surface area contributed by atoms with Gasteiger partial charge in [-0.05, 0) is 56.2 Å². The fourth-order valence-electron chi connectivity index (χ4n) is 3.90. The molecule has 0 saturated carbocycles. The number of fused-ring (bicyclic) bond motifs is 4. The number of nitrogens with zero attached hydrogens (tertiary/aromatic N) is 3. The molecule has 0 unspecified atom stereocenters. The molecular weight excluding hydrogens is 318 g/mol. The molecule has 0 radical (unpaired) electrons. The van der Waals surface area contributed by atoms with Crippen LogP contribution in [0.2, 0.25) is 0 Å². The number of benzene rings is 2. The first-order valence-electron chi connectivity index (χ1n) is 9.56. The second kappa shape index (κ2) is 6.91. The van der Waals surface area contributed by atoms with Crippen molar-refractivity contribution < 1.29 is 0 Å². The van der Waals surface area contributed by atoms with Crippen LogP contribution in [0.25, 0.3) is 0 Å². The van der Waals surface area contributed by atoms with Gasteiger partial charge in [0.05, 0.1) is 17.1 Å². The summed E-state index contributed by atoms with van der Waals surface area (Å²) in [6, 6.07) is 15.2. The molecule has 1 aliphatic carbocycles. The quantitative estimate of drug-likeness (QED) is 0.771. The Morgan fingerprint density at radius 1 is 1.00 bits per heavy atom. The van der Waals surface area contributed by atoms with E-state index in [4.69, 9.17) is 9.98 Å². The van der Waals surface area contributed by atoms with Crippen LogP contribution in [0.1, 0.15) is 37.5 Å². The molecule has 132 valence electrons. The lowest BCUT2D eigenvalue weighted by atomic mass is 9.83. The summed E-state index contributed by atoms with van der Waals surface area (Å²) < 4.78 is 0. The Kier molecular flexibility index (Phi) is 4.46. The molecule has 0 atom stereocenters. The first-order chi connectivity index (χ1) is 12.7. The van der Waals surface area contributed by atoms with Gasteiger partial charge in [-0.25, -0.2) is 4.99 Å². The zero-order valence-electron chi connectivity index (χ0n) is 15.8. The van der Waals surface area contributed by atoms with Gasteiger partial charge in [0.25, 0.3) is 0 Å². The molecule has 0 aromatic heterocycles. The van der Waals surface area contributed by atoms with Gasteiger partial charge in [0.2, 0.25) is 0 Å². The van der Waals surface area contributed by atoms with Gasteiger partial charge >= 0.3 is 0 Å². The molecular formula is C23H25N3. The zero-order chi connectivity index (χ0) is 18.1. The van der Waals surface area contributed by atoms with Crippen molar-refractivity contribution in [2.24, 2.45) is 9.98 Å². The van der Waals surface area contributed by atoms with E-state index in [1.807, 2.05) is 0 Å². The molecule has 2 aromatic carbocycles. The molecule has 4 rings (SSSR count). The summed E-state index contributed by atoms with van der Waals surface area (Å²) in [5.74, 6) is 0. The fourth-order valence-corrected chi connectivity index (χ4v) is 3.90. The molecule has 2 aliphatic rings. The molecule has 0 spiro atoms. The van der Waals surface area contributed by atoms with E-state index in [-0.39, 0.29) is 0 Å². The first-order valence-corrected chi connectivity index (χ1v) is 9.56. The number of hydrogen-bond acceptors (Lipinski definition) is 3. The van der Waals surface area contributed by atoms with Crippen molar-refractivity contribution in [3.8, 4) is 0 Å². The highest BCUT2D eigenvalue weighted by atomic mass is 15.1. The van der Waals surface area contributed by atoms with E-state index in [1.54, 1.807) is 0 Å². The van der Waals surface area contributed by atoms with Gasteiger partial charge in [0.15, 0.2) is 0 Å². The first kappa shape index (κ1) is 16.8. The number of rotatable bonds is 4. The third-order valence-electron chi connectivity index (χ3n) is 5.21. The lowest BCUT2D eigenvalue weighted by Crippen LogP contribution is -2.23. The number of anilines is 1. The van der Waals surface area contributed by atoms with Gasteiger partial charge in [-0.2, -0.15) is 0 Å². The van der Waals surface area contributed by atoms with Gasteiger partial charge in [0.1, 0.15) is 0 Å². The molecule has 1 heterocycles. The van der Waals surface area contributed by atoms with Gasteiger partial charge < -0.3 is 4.90 Å². The average molecular weight is 343 g/mol. The van der Waals surface area contributed by atoms with Gasteiger partial charge in [-0.1, -0.05) is 24.3 Å². The van der Waals surface area contributed by atoms with Crippen LogP contribution in [0.4, 0.5) is 11.4 Å². The van der Waals surface area contributed by atoms with Crippen LogP contribution in [-0.2, 0) is 6.42 Å². The van der Waals surface area contributed by atoms with E-state index in [2.05, 4.69) is 74.2 Å². The summed E-state index contributed by atoms with van der Waals surface area (Å²) in [6.07, 6.45) is 3.15. The Hall–Kier alpha value is -2.68. The summed E-state index contributed by atoms with van der Waals surface area (Å²) in [5.41, 5.74) is 9.56. The van der Waals surface area contributed by atoms with Crippen LogP contribution in [0.15, 0.2) is 64.1 Å². The fraction of sp³-hybridized carbons (Fsp3) is 0.304. The van der Waals surface area contributed by atoms with E-state index in [9.17, 15) is 0 Å². The minimum atomic E-state index is 0.794. The van der Waals surface area contributed by atoms with E-state index in [0.717, 1.165) is 43.2 Å². The predicted molar refractivity (Wildman–Crippen MR) is 112 cm³/mol.